The highest BCUT2D eigenvalue weighted by atomic mass is 19.1. The van der Waals surface area contributed by atoms with Crippen LogP contribution in [0.1, 0.15) is 5.56 Å². The standard InChI is InChI=1S/C8H8FNO/c1-10-11-6-7-2-4-8(9)5-3-7/h2-5H,1,6H2. The van der Waals surface area contributed by atoms with Gasteiger partial charge in [-0.25, -0.2) is 4.39 Å². The molecule has 0 radical (unpaired) electrons. The molecule has 0 bridgehead atoms. The molecule has 0 aliphatic carbocycles. The smallest absolute Gasteiger partial charge is 0.142 e. The van der Waals surface area contributed by atoms with E-state index in [0.717, 1.165) is 5.56 Å². The van der Waals surface area contributed by atoms with Gasteiger partial charge < -0.3 is 4.84 Å². The molecule has 0 N–H and O–H groups in total. The van der Waals surface area contributed by atoms with Gasteiger partial charge in [-0.15, -0.1) is 5.16 Å². The Hall–Kier alpha value is -1.38. The molecule has 2 nitrogen and oxygen atoms in total. The van der Waals surface area contributed by atoms with Gasteiger partial charge in [0.05, 0.1) is 0 Å². The van der Waals surface area contributed by atoms with Gasteiger partial charge >= 0.3 is 0 Å². The highest BCUT2D eigenvalue weighted by Crippen LogP contribution is 2.03. The Labute approximate surface area is 64.3 Å². The molecule has 0 aliphatic heterocycles. The van der Waals surface area contributed by atoms with Crippen molar-refractivity contribution in [1.82, 2.24) is 0 Å². The average Bonchev–Trinajstić information content (AvgIpc) is 2.04. The van der Waals surface area contributed by atoms with Crippen molar-refractivity contribution >= 4 is 6.72 Å². The number of benzene rings is 1. The second-order valence-electron chi connectivity index (χ2n) is 2.03. The van der Waals surface area contributed by atoms with Crippen LogP contribution >= 0.6 is 0 Å². The van der Waals surface area contributed by atoms with E-state index in [1.807, 2.05) is 0 Å². The van der Waals surface area contributed by atoms with Crippen LogP contribution in [0.25, 0.3) is 0 Å². The summed E-state index contributed by atoms with van der Waals surface area (Å²) in [5, 5.41) is 3.21. The van der Waals surface area contributed by atoms with Gasteiger partial charge in [-0.3, -0.25) is 0 Å². The maximum Gasteiger partial charge on any atom is 0.142 e. The van der Waals surface area contributed by atoms with Crippen LogP contribution in [-0.4, -0.2) is 6.72 Å². The largest absolute Gasteiger partial charge is 0.391 e. The minimum atomic E-state index is -0.250. The Morgan fingerprint density at radius 1 is 1.36 bits per heavy atom. The van der Waals surface area contributed by atoms with Crippen molar-refractivity contribution in [3.8, 4) is 0 Å². The van der Waals surface area contributed by atoms with Crippen LogP contribution in [0.4, 0.5) is 4.39 Å². The van der Waals surface area contributed by atoms with Crippen LogP contribution in [0.2, 0.25) is 0 Å². The van der Waals surface area contributed by atoms with Gasteiger partial charge in [0.15, 0.2) is 0 Å². The molecular weight excluding hydrogens is 145 g/mol. The van der Waals surface area contributed by atoms with Crippen LogP contribution in [0.3, 0.4) is 0 Å². The number of halogens is 1. The van der Waals surface area contributed by atoms with E-state index in [0.29, 0.717) is 6.61 Å². The third kappa shape index (κ3) is 2.37. The van der Waals surface area contributed by atoms with Gasteiger partial charge in [0.1, 0.15) is 12.4 Å². The van der Waals surface area contributed by atoms with Gasteiger partial charge in [-0.2, -0.15) is 0 Å². The van der Waals surface area contributed by atoms with Crippen molar-refractivity contribution in [2.24, 2.45) is 5.16 Å². The lowest BCUT2D eigenvalue weighted by molar-refractivity contribution is 0.133. The van der Waals surface area contributed by atoms with E-state index in [1.54, 1.807) is 12.1 Å². The molecule has 0 amide bonds. The number of nitrogens with zero attached hydrogens (tertiary/aromatic N) is 1. The molecular formula is C8H8FNO. The highest BCUT2D eigenvalue weighted by molar-refractivity contribution is 5.21. The highest BCUT2D eigenvalue weighted by Gasteiger charge is 1.92. The summed E-state index contributed by atoms with van der Waals surface area (Å²) < 4.78 is 12.3. The summed E-state index contributed by atoms with van der Waals surface area (Å²) >= 11 is 0. The maximum atomic E-state index is 12.3. The summed E-state index contributed by atoms with van der Waals surface area (Å²) in [5.41, 5.74) is 0.874. The molecule has 0 saturated heterocycles. The fraction of sp³-hybridized carbons (Fsp3) is 0.125. The Morgan fingerprint density at radius 3 is 2.55 bits per heavy atom. The molecule has 1 rings (SSSR count). The molecule has 58 valence electrons. The van der Waals surface area contributed by atoms with Gasteiger partial charge in [0.2, 0.25) is 0 Å². The quantitative estimate of drug-likeness (QED) is 0.480. The van der Waals surface area contributed by atoms with E-state index >= 15 is 0 Å². The summed E-state index contributed by atoms with van der Waals surface area (Å²) in [5.74, 6) is -0.250. The predicted octanol–water partition coefficient (Wildman–Crippen LogP) is 1.96. The lowest BCUT2D eigenvalue weighted by atomic mass is 10.2. The number of oxime groups is 1. The first-order valence-electron chi connectivity index (χ1n) is 3.15. The molecule has 0 atom stereocenters. The van der Waals surface area contributed by atoms with Crippen molar-refractivity contribution in [2.45, 2.75) is 6.61 Å². The molecule has 0 fully saturated rings. The first-order chi connectivity index (χ1) is 5.33. The molecule has 0 heterocycles. The third-order valence-electron chi connectivity index (χ3n) is 1.24. The summed E-state index contributed by atoms with van der Waals surface area (Å²) in [4.78, 5) is 4.65. The van der Waals surface area contributed by atoms with E-state index in [9.17, 15) is 4.39 Å². The number of hydrogen-bond donors (Lipinski definition) is 0. The van der Waals surface area contributed by atoms with Crippen molar-refractivity contribution in [1.29, 1.82) is 0 Å². The second kappa shape index (κ2) is 3.71. The molecule has 3 heteroatoms. The minimum absolute atomic E-state index is 0.250. The molecule has 1 aromatic carbocycles. The Morgan fingerprint density at radius 2 is 2.00 bits per heavy atom. The normalized spacial score (nSPS) is 9.18. The third-order valence-corrected chi connectivity index (χ3v) is 1.24. The first-order valence-corrected chi connectivity index (χ1v) is 3.15. The van der Waals surface area contributed by atoms with E-state index in [2.05, 4.69) is 16.7 Å². The first kappa shape index (κ1) is 7.72. The topological polar surface area (TPSA) is 21.6 Å². The maximum absolute atomic E-state index is 12.3. The number of rotatable bonds is 3. The number of hydrogen-bond acceptors (Lipinski definition) is 2. The SMILES string of the molecule is C=NOCc1ccc(F)cc1. The summed E-state index contributed by atoms with van der Waals surface area (Å²) in [7, 11) is 0. The van der Waals surface area contributed by atoms with E-state index in [4.69, 9.17) is 0 Å². The second-order valence-corrected chi connectivity index (χ2v) is 2.03. The van der Waals surface area contributed by atoms with Crippen molar-refractivity contribution < 1.29 is 9.23 Å². The Balaban J connectivity index is 2.58. The summed E-state index contributed by atoms with van der Waals surface area (Å²) in [6, 6.07) is 6.03. The fourth-order valence-electron chi connectivity index (χ4n) is 0.701. The van der Waals surface area contributed by atoms with Crippen LogP contribution in [0.5, 0.6) is 0 Å². The molecule has 11 heavy (non-hydrogen) atoms. The lowest BCUT2D eigenvalue weighted by Crippen LogP contribution is -1.85. The summed E-state index contributed by atoms with van der Waals surface area (Å²) in [6.45, 7) is 3.48. The van der Waals surface area contributed by atoms with Crippen molar-refractivity contribution in [2.75, 3.05) is 0 Å². The van der Waals surface area contributed by atoms with Gasteiger partial charge in [0, 0.05) is 6.72 Å². The van der Waals surface area contributed by atoms with Gasteiger partial charge in [0.25, 0.3) is 0 Å². The molecule has 0 aromatic heterocycles. The van der Waals surface area contributed by atoms with Gasteiger partial charge in [-0.1, -0.05) is 12.1 Å². The van der Waals surface area contributed by atoms with Gasteiger partial charge in [-0.05, 0) is 17.7 Å². The fourth-order valence-corrected chi connectivity index (χ4v) is 0.701. The van der Waals surface area contributed by atoms with Crippen LogP contribution in [-0.2, 0) is 11.4 Å². The van der Waals surface area contributed by atoms with E-state index in [1.165, 1.54) is 12.1 Å². The Kier molecular flexibility index (Phi) is 2.60. The van der Waals surface area contributed by atoms with E-state index < -0.39 is 0 Å². The monoisotopic (exact) mass is 153 g/mol. The lowest BCUT2D eigenvalue weighted by Gasteiger charge is -1.97. The molecule has 0 unspecified atom stereocenters. The zero-order chi connectivity index (χ0) is 8.10. The molecule has 1 aromatic rings. The van der Waals surface area contributed by atoms with E-state index in [-0.39, 0.29) is 5.82 Å². The molecule has 0 spiro atoms. The zero-order valence-electron chi connectivity index (χ0n) is 5.96. The van der Waals surface area contributed by atoms with Crippen LogP contribution in [0.15, 0.2) is 29.4 Å². The summed E-state index contributed by atoms with van der Waals surface area (Å²) in [6.07, 6.45) is 0. The zero-order valence-corrected chi connectivity index (χ0v) is 5.96. The van der Waals surface area contributed by atoms with Crippen LogP contribution < -0.4 is 0 Å². The Bertz CT molecular complexity index is 232. The van der Waals surface area contributed by atoms with Crippen molar-refractivity contribution in [3.63, 3.8) is 0 Å². The van der Waals surface area contributed by atoms with Crippen LogP contribution in [0, 0.1) is 5.82 Å². The predicted molar refractivity (Wildman–Crippen MR) is 40.7 cm³/mol. The van der Waals surface area contributed by atoms with Crippen molar-refractivity contribution in [3.05, 3.63) is 35.6 Å². The molecule has 0 saturated carbocycles. The molecule has 0 aliphatic rings. The minimum Gasteiger partial charge on any atom is -0.391 e. The average molecular weight is 153 g/mol.